The van der Waals surface area contributed by atoms with Crippen LogP contribution in [0.2, 0.25) is 0 Å². The smallest absolute Gasteiger partial charge is 0.151 e. The maximum atomic E-state index is 5.16. The second kappa shape index (κ2) is 2.84. The van der Waals surface area contributed by atoms with E-state index in [9.17, 15) is 0 Å². The van der Waals surface area contributed by atoms with Gasteiger partial charge in [-0.2, -0.15) is 5.10 Å². The Balaban J connectivity index is 2.22. The molecule has 1 aromatic heterocycles. The lowest BCUT2D eigenvalue weighted by Gasteiger charge is -2.10. The fraction of sp³-hybridized carbons (Fsp3) is 0.429. The quantitative estimate of drug-likeness (QED) is 0.639. The molecule has 0 amide bonds. The Morgan fingerprint density at radius 2 is 2.55 bits per heavy atom. The van der Waals surface area contributed by atoms with Crippen LogP contribution in [-0.4, -0.2) is 28.4 Å². The van der Waals surface area contributed by atoms with Gasteiger partial charge in [0.1, 0.15) is 6.33 Å². The third-order valence-corrected chi connectivity index (χ3v) is 1.68. The normalized spacial score (nSPS) is 18.0. The van der Waals surface area contributed by atoms with E-state index in [1.807, 2.05) is 6.08 Å². The average Bonchev–Trinajstić information content (AvgIpc) is 2.58. The van der Waals surface area contributed by atoms with Crippen LogP contribution in [0.3, 0.4) is 0 Å². The molecule has 0 aliphatic carbocycles. The first-order valence-corrected chi connectivity index (χ1v) is 3.59. The fourth-order valence-electron chi connectivity index (χ4n) is 1.10. The summed E-state index contributed by atoms with van der Waals surface area (Å²) in [6.07, 6.45) is 4.48. The van der Waals surface area contributed by atoms with Crippen molar-refractivity contribution in [2.24, 2.45) is 0 Å². The van der Waals surface area contributed by atoms with Crippen molar-refractivity contribution in [2.45, 2.75) is 6.42 Å². The van der Waals surface area contributed by atoms with E-state index in [1.165, 1.54) is 11.9 Å². The lowest BCUT2D eigenvalue weighted by atomic mass is 10.1. The second-order valence-corrected chi connectivity index (χ2v) is 2.39. The molecule has 0 bridgehead atoms. The summed E-state index contributed by atoms with van der Waals surface area (Å²) in [6, 6.07) is 0. The van der Waals surface area contributed by atoms with Crippen LogP contribution in [0.4, 0.5) is 0 Å². The van der Waals surface area contributed by atoms with Crippen molar-refractivity contribution in [1.29, 1.82) is 0 Å². The van der Waals surface area contributed by atoms with Crippen LogP contribution in [0.25, 0.3) is 5.57 Å². The van der Waals surface area contributed by atoms with Crippen LogP contribution < -0.4 is 0 Å². The molecule has 0 fully saturated rings. The SMILES string of the molecule is C1=C(c2ncn[nH]2)CCOC1. The zero-order valence-corrected chi connectivity index (χ0v) is 6.08. The highest BCUT2D eigenvalue weighted by atomic mass is 16.5. The number of ether oxygens (including phenoxy) is 1. The van der Waals surface area contributed by atoms with Crippen molar-refractivity contribution in [3.8, 4) is 0 Å². The Morgan fingerprint density at radius 3 is 3.18 bits per heavy atom. The molecule has 11 heavy (non-hydrogen) atoms. The van der Waals surface area contributed by atoms with Crippen molar-refractivity contribution < 1.29 is 4.74 Å². The monoisotopic (exact) mass is 151 g/mol. The third-order valence-electron chi connectivity index (χ3n) is 1.68. The van der Waals surface area contributed by atoms with Gasteiger partial charge in [0.05, 0.1) is 13.2 Å². The minimum Gasteiger partial charge on any atom is -0.377 e. The zero-order valence-electron chi connectivity index (χ0n) is 6.08. The molecule has 0 atom stereocenters. The van der Waals surface area contributed by atoms with E-state index in [-0.39, 0.29) is 0 Å². The van der Waals surface area contributed by atoms with Gasteiger partial charge in [-0.25, -0.2) is 4.98 Å². The summed E-state index contributed by atoms with van der Waals surface area (Å²) in [7, 11) is 0. The molecule has 0 saturated heterocycles. The third kappa shape index (κ3) is 1.30. The van der Waals surface area contributed by atoms with Crippen molar-refractivity contribution in [1.82, 2.24) is 15.2 Å². The Labute approximate surface area is 64.3 Å². The molecule has 4 heteroatoms. The Hall–Kier alpha value is -1.16. The van der Waals surface area contributed by atoms with Gasteiger partial charge in [-0.1, -0.05) is 6.08 Å². The summed E-state index contributed by atoms with van der Waals surface area (Å²) in [4.78, 5) is 4.05. The molecule has 1 N–H and O–H groups in total. The summed E-state index contributed by atoms with van der Waals surface area (Å²) in [6.45, 7) is 1.47. The summed E-state index contributed by atoms with van der Waals surface area (Å²) >= 11 is 0. The fourth-order valence-corrected chi connectivity index (χ4v) is 1.10. The molecule has 1 aromatic rings. The number of nitrogens with zero attached hydrogens (tertiary/aromatic N) is 2. The number of nitrogens with one attached hydrogen (secondary N) is 1. The van der Waals surface area contributed by atoms with E-state index >= 15 is 0 Å². The summed E-state index contributed by atoms with van der Waals surface area (Å²) in [5, 5.41) is 6.60. The van der Waals surface area contributed by atoms with Crippen LogP contribution in [-0.2, 0) is 4.74 Å². The van der Waals surface area contributed by atoms with Crippen LogP contribution in [0, 0.1) is 0 Å². The first kappa shape index (κ1) is 6.54. The van der Waals surface area contributed by atoms with Crippen LogP contribution >= 0.6 is 0 Å². The minimum atomic E-state index is 0.691. The van der Waals surface area contributed by atoms with E-state index in [4.69, 9.17) is 4.74 Å². The molecule has 1 aliphatic heterocycles. The van der Waals surface area contributed by atoms with Crippen molar-refractivity contribution in [3.63, 3.8) is 0 Å². The molecule has 0 spiro atoms. The Bertz CT molecular complexity index is 253. The van der Waals surface area contributed by atoms with Crippen LogP contribution in [0.5, 0.6) is 0 Å². The van der Waals surface area contributed by atoms with Crippen LogP contribution in [0.15, 0.2) is 12.4 Å². The summed E-state index contributed by atoms with van der Waals surface area (Å²) < 4.78 is 5.16. The lowest BCUT2D eigenvalue weighted by Crippen LogP contribution is -2.04. The van der Waals surface area contributed by atoms with Gasteiger partial charge < -0.3 is 4.74 Å². The van der Waals surface area contributed by atoms with Gasteiger partial charge in [-0.15, -0.1) is 0 Å². The summed E-state index contributed by atoms with van der Waals surface area (Å²) in [5.74, 6) is 0.869. The molecular weight excluding hydrogens is 142 g/mol. The van der Waals surface area contributed by atoms with Crippen molar-refractivity contribution >= 4 is 5.57 Å². The van der Waals surface area contributed by atoms with E-state index in [2.05, 4.69) is 15.2 Å². The Morgan fingerprint density at radius 1 is 1.55 bits per heavy atom. The molecule has 2 heterocycles. The standard InChI is InChI=1S/C7H9N3O/c1-3-11-4-2-6(1)7-8-5-9-10-7/h1,5H,2-4H2,(H,8,9,10). The van der Waals surface area contributed by atoms with Crippen molar-refractivity contribution in [2.75, 3.05) is 13.2 Å². The Kier molecular flexibility index (Phi) is 1.69. The number of rotatable bonds is 1. The number of aromatic amines is 1. The molecule has 0 unspecified atom stereocenters. The molecular formula is C7H9N3O. The number of hydrogen-bond donors (Lipinski definition) is 1. The van der Waals surface area contributed by atoms with Gasteiger partial charge in [0.25, 0.3) is 0 Å². The highest BCUT2D eigenvalue weighted by molar-refractivity contribution is 5.59. The molecule has 0 aromatic carbocycles. The van der Waals surface area contributed by atoms with Gasteiger partial charge in [0.2, 0.25) is 0 Å². The first-order valence-electron chi connectivity index (χ1n) is 3.59. The highest BCUT2D eigenvalue weighted by Crippen LogP contribution is 2.15. The second-order valence-electron chi connectivity index (χ2n) is 2.39. The average molecular weight is 151 g/mol. The van der Waals surface area contributed by atoms with E-state index in [0.717, 1.165) is 18.9 Å². The van der Waals surface area contributed by atoms with Crippen LogP contribution in [0.1, 0.15) is 12.2 Å². The zero-order chi connectivity index (χ0) is 7.52. The lowest BCUT2D eigenvalue weighted by molar-refractivity contribution is 0.161. The molecule has 1 aliphatic rings. The van der Waals surface area contributed by atoms with Gasteiger partial charge in [-0.05, 0) is 12.0 Å². The minimum absolute atomic E-state index is 0.691. The van der Waals surface area contributed by atoms with Gasteiger partial charge >= 0.3 is 0 Å². The van der Waals surface area contributed by atoms with E-state index < -0.39 is 0 Å². The summed E-state index contributed by atoms with van der Waals surface area (Å²) in [5.41, 5.74) is 1.20. The number of hydrogen-bond acceptors (Lipinski definition) is 3. The number of aromatic nitrogens is 3. The maximum absolute atomic E-state index is 5.16. The molecule has 58 valence electrons. The van der Waals surface area contributed by atoms with Gasteiger partial charge in [0, 0.05) is 0 Å². The van der Waals surface area contributed by atoms with Gasteiger partial charge in [0.15, 0.2) is 5.82 Å². The molecule has 2 rings (SSSR count). The molecule has 0 radical (unpaired) electrons. The maximum Gasteiger partial charge on any atom is 0.151 e. The molecule has 0 saturated carbocycles. The number of H-pyrrole nitrogens is 1. The topological polar surface area (TPSA) is 50.8 Å². The van der Waals surface area contributed by atoms with E-state index in [0.29, 0.717) is 6.61 Å². The van der Waals surface area contributed by atoms with E-state index in [1.54, 1.807) is 0 Å². The van der Waals surface area contributed by atoms with Crippen molar-refractivity contribution in [3.05, 3.63) is 18.2 Å². The predicted octanol–water partition coefficient (Wildman–Crippen LogP) is 0.608. The molecule has 4 nitrogen and oxygen atoms in total. The largest absolute Gasteiger partial charge is 0.377 e. The van der Waals surface area contributed by atoms with Gasteiger partial charge in [-0.3, -0.25) is 5.10 Å². The predicted molar refractivity (Wildman–Crippen MR) is 39.8 cm³/mol. The first-order chi connectivity index (χ1) is 5.47. The highest BCUT2D eigenvalue weighted by Gasteiger charge is 2.07.